The van der Waals surface area contributed by atoms with E-state index in [-0.39, 0.29) is 6.09 Å². The normalized spacial score (nSPS) is 18.1. The summed E-state index contributed by atoms with van der Waals surface area (Å²) in [5.74, 6) is 0.559. The first kappa shape index (κ1) is 17.1. The van der Waals surface area contributed by atoms with Crippen LogP contribution in [0.25, 0.3) is 0 Å². The number of carbonyl (C=O) groups is 1. The molecule has 0 aliphatic carbocycles. The molecular weight excluding hydrogens is 296 g/mol. The Kier molecular flexibility index (Phi) is 5.73. The fourth-order valence-electron chi connectivity index (χ4n) is 2.81. The maximum atomic E-state index is 12.1. The van der Waals surface area contributed by atoms with Crippen molar-refractivity contribution in [3.8, 4) is 0 Å². The van der Waals surface area contributed by atoms with Crippen LogP contribution in [0.5, 0.6) is 0 Å². The molecule has 1 fully saturated rings. The molecule has 1 aliphatic heterocycles. The molecule has 0 aromatic carbocycles. The average Bonchev–Trinajstić information content (AvgIpc) is 2.48. The Balaban J connectivity index is 1.92. The van der Waals surface area contributed by atoms with Gasteiger partial charge < -0.3 is 9.64 Å². The van der Waals surface area contributed by atoms with Gasteiger partial charge in [-0.1, -0.05) is 6.07 Å². The van der Waals surface area contributed by atoms with Gasteiger partial charge in [-0.25, -0.2) is 4.79 Å². The third-order valence-electron chi connectivity index (χ3n) is 3.85. The van der Waals surface area contributed by atoms with Gasteiger partial charge in [-0.2, -0.15) is 11.8 Å². The first-order valence-corrected chi connectivity index (χ1v) is 9.11. The molecule has 0 spiro atoms. The highest BCUT2D eigenvalue weighted by molar-refractivity contribution is 7.98. The number of pyridine rings is 1. The van der Waals surface area contributed by atoms with Crippen molar-refractivity contribution in [1.82, 2.24) is 9.88 Å². The van der Waals surface area contributed by atoms with E-state index in [4.69, 9.17) is 4.74 Å². The molecule has 1 saturated heterocycles. The Labute approximate surface area is 137 Å². The largest absolute Gasteiger partial charge is 0.444 e. The minimum atomic E-state index is -0.427. The lowest BCUT2D eigenvalue weighted by atomic mass is 9.91. The van der Waals surface area contributed by atoms with Gasteiger partial charge in [0.05, 0.1) is 5.69 Å². The van der Waals surface area contributed by atoms with Gasteiger partial charge in [0.25, 0.3) is 0 Å². The second kappa shape index (κ2) is 7.36. The van der Waals surface area contributed by atoms with Gasteiger partial charge in [0.1, 0.15) is 5.60 Å². The number of thioether (sulfide) groups is 1. The second-order valence-electron chi connectivity index (χ2n) is 6.72. The van der Waals surface area contributed by atoms with Crippen molar-refractivity contribution < 1.29 is 9.53 Å². The summed E-state index contributed by atoms with van der Waals surface area (Å²) in [5.41, 5.74) is 0.717. The third-order valence-corrected chi connectivity index (χ3v) is 4.99. The van der Waals surface area contributed by atoms with E-state index in [1.165, 1.54) is 0 Å². The molecule has 4 nitrogen and oxygen atoms in total. The zero-order valence-electron chi connectivity index (χ0n) is 13.9. The van der Waals surface area contributed by atoms with Crippen LogP contribution < -0.4 is 0 Å². The zero-order valence-corrected chi connectivity index (χ0v) is 14.7. The number of hydrogen-bond donors (Lipinski definition) is 0. The predicted octanol–water partition coefficient (Wildman–Crippen LogP) is 4.13. The summed E-state index contributed by atoms with van der Waals surface area (Å²) < 4.78 is 5.45. The van der Waals surface area contributed by atoms with Gasteiger partial charge >= 0.3 is 6.09 Å². The number of hydrogen-bond acceptors (Lipinski definition) is 4. The standard InChI is InChI=1S/C17H26N2O2S/c1-17(2,3)21-16(20)19-11-8-13(9-12-19)15(22-4)14-7-5-6-10-18-14/h5-7,10,13,15H,8-9,11-12H2,1-4H3. The molecule has 1 amide bonds. The lowest BCUT2D eigenvalue weighted by Crippen LogP contribution is -2.42. The van der Waals surface area contributed by atoms with Crippen LogP contribution in [-0.2, 0) is 4.74 Å². The summed E-state index contributed by atoms with van der Waals surface area (Å²) >= 11 is 1.85. The molecule has 1 unspecified atom stereocenters. The summed E-state index contributed by atoms with van der Waals surface area (Å²) in [7, 11) is 0. The summed E-state index contributed by atoms with van der Waals surface area (Å²) in [6, 6.07) is 6.09. The molecule has 5 heteroatoms. The molecule has 1 aromatic heterocycles. The second-order valence-corrected chi connectivity index (χ2v) is 7.69. The summed E-state index contributed by atoms with van der Waals surface area (Å²) in [6.45, 7) is 7.25. The molecular formula is C17H26N2O2S. The quantitative estimate of drug-likeness (QED) is 0.839. The first-order chi connectivity index (χ1) is 10.4. The van der Waals surface area contributed by atoms with Gasteiger partial charge in [0, 0.05) is 24.5 Å². The highest BCUT2D eigenvalue weighted by Gasteiger charge is 2.31. The van der Waals surface area contributed by atoms with Crippen molar-refractivity contribution in [1.29, 1.82) is 0 Å². The monoisotopic (exact) mass is 322 g/mol. The van der Waals surface area contributed by atoms with Crippen LogP contribution in [0, 0.1) is 5.92 Å². The van der Waals surface area contributed by atoms with Crippen molar-refractivity contribution in [2.24, 2.45) is 5.92 Å². The van der Waals surface area contributed by atoms with E-state index in [0.717, 1.165) is 31.6 Å². The van der Waals surface area contributed by atoms with Crippen molar-refractivity contribution in [2.75, 3.05) is 19.3 Å². The Morgan fingerprint density at radius 2 is 2.05 bits per heavy atom. The topological polar surface area (TPSA) is 42.4 Å². The van der Waals surface area contributed by atoms with E-state index in [2.05, 4.69) is 17.3 Å². The van der Waals surface area contributed by atoms with E-state index in [0.29, 0.717) is 11.2 Å². The maximum Gasteiger partial charge on any atom is 0.410 e. The van der Waals surface area contributed by atoms with Gasteiger partial charge in [-0.15, -0.1) is 0 Å². The molecule has 0 radical (unpaired) electrons. The fourth-order valence-corrected chi connectivity index (χ4v) is 3.85. The molecule has 22 heavy (non-hydrogen) atoms. The number of nitrogens with zero attached hydrogens (tertiary/aromatic N) is 2. The number of piperidine rings is 1. The van der Waals surface area contributed by atoms with Gasteiger partial charge in [-0.3, -0.25) is 4.98 Å². The Morgan fingerprint density at radius 1 is 1.36 bits per heavy atom. The SMILES string of the molecule is CSC(c1ccccn1)C1CCN(C(=O)OC(C)(C)C)CC1. The van der Waals surface area contributed by atoms with Crippen LogP contribution in [0.2, 0.25) is 0 Å². The van der Waals surface area contributed by atoms with Gasteiger partial charge in [-0.05, 0) is 57.9 Å². The third kappa shape index (κ3) is 4.63. The zero-order chi connectivity index (χ0) is 16.2. The Morgan fingerprint density at radius 3 is 2.55 bits per heavy atom. The Bertz CT molecular complexity index is 479. The van der Waals surface area contributed by atoms with Gasteiger partial charge in [0.15, 0.2) is 0 Å². The number of likely N-dealkylation sites (tertiary alicyclic amines) is 1. The van der Waals surface area contributed by atoms with Crippen LogP contribution in [0.1, 0.15) is 44.6 Å². The number of rotatable bonds is 3. The lowest BCUT2D eigenvalue weighted by molar-refractivity contribution is 0.0183. The van der Waals surface area contributed by atoms with E-state index in [9.17, 15) is 4.79 Å². The minimum absolute atomic E-state index is 0.190. The number of aromatic nitrogens is 1. The predicted molar refractivity (Wildman–Crippen MR) is 91.0 cm³/mol. The number of carbonyl (C=O) groups excluding carboxylic acids is 1. The average molecular weight is 322 g/mol. The van der Waals surface area contributed by atoms with Crippen molar-refractivity contribution in [3.05, 3.63) is 30.1 Å². The van der Waals surface area contributed by atoms with Crippen molar-refractivity contribution in [2.45, 2.75) is 44.5 Å². The molecule has 1 atom stereocenters. The molecule has 2 heterocycles. The molecule has 1 aliphatic rings. The fraction of sp³-hybridized carbons (Fsp3) is 0.647. The van der Waals surface area contributed by atoms with E-state index in [1.54, 1.807) is 0 Å². The minimum Gasteiger partial charge on any atom is -0.444 e. The lowest BCUT2D eigenvalue weighted by Gasteiger charge is -2.36. The molecule has 0 N–H and O–H groups in total. The molecule has 122 valence electrons. The van der Waals surface area contributed by atoms with Crippen LogP contribution in [-0.4, -0.2) is 40.9 Å². The Hall–Kier alpha value is -1.23. The number of amides is 1. The van der Waals surface area contributed by atoms with Crippen LogP contribution in [0.3, 0.4) is 0 Å². The van der Waals surface area contributed by atoms with Crippen molar-refractivity contribution in [3.63, 3.8) is 0 Å². The highest BCUT2D eigenvalue weighted by atomic mass is 32.2. The molecule has 1 aromatic rings. The van der Waals surface area contributed by atoms with E-state index in [1.807, 2.05) is 55.8 Å². The van der Waals surface area contributed by atoms with Crippen LogP contribution in [0.4, 0.5) is 4.79 Å². The maximum absolute atomic E-state index is 12.1. The number of ether oxygens (including phenoxy) is 1. The van der Waals surface area contributed by atoms with Crippen LogP contribution >= 0.6 is 11.8 Å². The van der Waals surface area contributed by atoms with Gasteiger partial charge in [0.2, 0.25) is 0 Å². The smallest absolute Gasteiger partial charge is 0.410 e. The summed E-state index contributed by atoms with van der Waals surface area (Å²) in [5, 5.41) is 0.405. The van der Waals surface area contributed by atoms with E-state index < -0.39 is 5.60 Å². The summed E-state index contributed by atoms with van der Waals surface area (Å²) in [6.07, 6.45) is 5.81. The van der Waals surface area contributed by atoms with Crippen LogP contribution in [0.15, 0.2) is 24.4 Å². The molecule has 0 saturated carbocycles. The highest BCUT2D eigenvalue weighted by Crippen LogP contribution is 2.38. The first-order valence-electron chi connectivity index (χ1n) is 7.82. The molecule has 2 rings (SSSR count). The summed E-state index contributed by atoms with van der Waals surface area (Å²) in [4.78, 5) is 18.4. The van der Waals surface area contributed by atoms with Crippen molar-refractivity contribution >= 4 is 17.9 Å². The van der Waals surface area contributed by atoms with E-state index >= 15 is 0 Å². The molecule has 0 bridgehead atoms.